The van der Waals surface area contributed by atoms with Crippen LogP contribution in [-0.2, 0) is 4.79 Å². The number of hydrogen-bond donors (Lipinski definition) is 4. The number of benzene rings is 2. The predicted molar refractivity (Wildman–Crippen MR) is 107 cm³/mol. The number of rotatable bonds is 8. The van der Waals surface area contributed by atoms with Gasteiger partial charge in [0.1, 0.15) is 5.75 Å². The van der Waals surface area contributed by atoms with E-state index in [9.17, 15) is 14.4 Å². The van der Waals surface area contributed by atoms with Crippen LogP contribution < -0.4 is 26.4 Å². The van der Waals surface area contributed by atoms with E-state index in [1.54, 1.807) is 48.5 Å². The number of ether oxygens (including phenoxy) is 1. The molecule has 8 nitrogen and oxygen atoms in total. The Morgan fingerprint density at radius 1 is 1.04 bits per heavy atom. The summed E-state index contributed by atoms with van der Waals surface area (Å²) in [5.41, 5.74) is 6.44. The normalized spacial score (nSPS) is 10.2. The number of nitrogens with one attached hydrogen (secondary N) is 3. The quantitative estimate of drug-likeness (QED) is 0.559. The van der Waals surface area contributed by atoms with Crippen LogP contribution in [0.3, 0.4) is 0 Å². The first-order chi connectivity index (χ1) is 13.3. The van der Waals surface area contributed by atoms with Crippen LogP contribution in [0.15, 0.2) is 48.5 Å². The number of hydrogen-bond acceptors (Lipinski definition) is 4. The van der Waals surface area contributed by atoms with Gasteiger partial charge < -0.3 is 26.4 Å². The third-order valence-corrected chi connectivity index (χ3v) is 3.54. The third kappa shape index (κ3) is 6.64. The number of carbonyl (C=O) groups is 3. The molecule has 0 fully saturated rings. The SMILES string of the molecule is CC(C)NC(=O)Nc1cccc(C(=O)Nc2ccccc2OCCC(N)=O)c1. The first-order valence-corrected chi connectivity index (χ1v) is 8.84. The lowest BCUT2D eigenvalue weighted by Crippen LogP contribution is -2.34. The molecular formula is C20H24N4O4. The van der Waals surface area contributed by atoms with Crippen LogP contribution in [0.4, 0.5) is 16.2 Å². The lowest BCUT2D eigenvalue weighted by molar-refractivity contribution is -0.118. The van der Waals surface area contributed by atoms with Crippen molar-refractivity contribution in [3.63, 3.8) is 0 Å². The summed E-state index contributed by atoms with van der Waals surface area (Å²) in [6, 6.07) is 13.1. The van der Waals surface area contributed by atoms with E-state index in [-0.39, 0.29) is 31.0 Å². The Kier molecular flexibility index (Phi) is 7.38. The summed E-state index contributed by atoms with van der Waals surface area (Å²) in [4.78, 5) is 35.3. The van der Waals surface area contributed by atoms with E-state index in [1.807, 2.05) is 13.8 Å². The Morgan fingerprint density at radius 3 is 2.50 bits per heavy atom. The summed E-state index contributed by atoms with van der Waals surface area (Å²) in [5.74, 6) is -0.395. The van der Waals surface area contributed by atoms with Crippen LogP contribution in [0, 0.1) is 0 Å². The van der Waals surface area contributed by atoms with E-state index in [0.29, 0.717) is 22.7 Å². The molecule has 0 aliphatic rings. The second-order valence-corrected chi connectivity index (χ2v) is 6.35. The molecule has 0 spiro atoms. The molecule has 0 radical (unpaired) electrons. The van der Waals surface area contributed by atoms with Gasteiger partial charge >= 0.3 is 6.03 Å². The zero-order valence-corrected chi connectivity index (χ0v) is 15.8. The fourth-order valence-electron chi connectivity index (χ4n) is 2.32. The Hall–Kier alpha value is -3.55. The molecule has 5 N–H and O–H groups in total. The van der Waals surface area contributed by atoms with E-state index < -0.39 is 5.91 Å². The minimum absolute atomic E-state index is 0.00227. The molecule has 0 atom stereocenters. The minimum Gasteiger partial charge on any atom is -0.491 e. The minimum atomic E-state index is -0.465. The summed E-state index contributed by atoms with van der Waals surface area (Å²) >= 11 is 0. The van der Waals surface area contributed by atoms with Crippen molar-refractivity contribution in [2.75, 3.05) is 17.2 Å². The van der Waals surface area contributed by atoms with Crippen LogP contribution in [0.2, 0.25) is 0 Å². The highest BCUT2D eigenvalue weighted by Crippen LogP contribution is 2.25. The van der Waals surface area contributed by atoms with Crippen LogP contribution in [0.25, 0.3) is 0 Å². The van der Waals surface area contributed by atoms with Crippen molar-refractivity contribution >= 4 is 29.2 Å². The molecule has 4 amide bonds. The number of para-hydroxylation sites is 2. The highest BCUT2D eigenvalue weighted by Gasteiger charge is 2.12. The molecule has 28 heavy (non-hydrogen) atoms. The molecule has 0 unspecified atom stereocenters. The van der Waals surface area contributed by atoms with E-state index in [0.717, 1.165) is 0 Å². The summed E-state index contributed by atoms with van der Waals surface area (Å²) in [7, 11) is 0. The van der Waals surface area contributed by atoms with Gasteiger partial charge in [0.05, 0.1) is 18.7 Å². The largest absolute Gasteiger partial charge is 0.491 e. The van der Waals surface area contributed by atoms with E-state index in [1.165, 1.54) is 0 Å². The van der Waals surface area contributed by atoms with Crippen molar-refractivity contribution in [2.24, 2.45) is 5.73 Å². The van der Waals surface area contributed by atoms with Gasteiger partial charge in [-0.1, -0.05) is 18.2 Å². The number of nitrogens with two attached hydrogens (primary N) is 1. The molecule has 2 aromatic rings. The van der Waals surface area contributed by atoms with Crippen molar-refractivity contribution in [3.05, 3.63) is 54.1 Å². The summed E-state index contributed by atoms with van der Waals surface area (Å²) in [6.07, 6.45) is 0.0778. The number of urea groups is 1. The van der Waals surface area contributed by atoms with Gasteiger partial charge in [-0.3, -0.25) is 9.59 Å². The van der Waals surface area contributed by atoms with Crippen LogP contribution in [-0.4, -0.2) is 30.5 Å². The molecule has 0 heterocycles. The molecule has 2 aromatic carbocycles. The zero-order valence-electron chi connectivity index (χ0n) is 15.8. The van der Waals surface area contributed by atoms with Gasteiger partial charge in [-0.15, -0.1) is 0 Å². The Balaban J connectivity index is 2.06. The number of amides is 4. The molecule has 0 aliphatic carbocycles. The second kappa shape index (κ2) is 9.96. The molecule has 0 saturated carbocycles. The highest BCUT2D eigenvalue weighted by atomic mass is 16.5. The Bertz CT molecular complexity index is 852. The molecular weight excluding hydrogens is 360 g/mol. The number of primary amides is 1. The van der Waals surface area contributed by atoms with Crippen molar-refractivity contribution in [2.45, 2.75) is 26.3 Å². The van der Waals surface area contributed by atoms with Gasteiger partial charge in [-0.25, -0.2) is 4.79 Å². The lowest BCUT2D eigenvalue weighted by atomic mass is 10.1. The first-order valence-electron chi connectivity index (χ1n) is 8.84. The van der Waals surface area contributed by atoms with Gasteiger partial charge in [-0.2, -0.15) is 0 Å². The average Bonchev–Trinajstić information content (AvgIpc) is 2.62. The smallest absolute Gasteiger partial charge is 0.319 e. The van der Waals surface area contributed by atoms with Crippen molar-refractivity contribution < 1.29 is 19.1 Å². The van der Waals surface area contributed by atoms with Crippen molar-refractivity contribution in [3.8, 4) is 5.75 Å². The standard InChI is InChI=1S/C20H24N4O4/c1-13(2)22-20(27)23-15-7-5-6-14(12-15)19(26)24-16-8-3-4-9-17(16)28-11-10-18(21)25/h3-9,12-13H,10-11H2,1-2H3,(H2,21,25)(H,24,26)(H2,22,23,27). The molecule has 0 bridgehead atoms. The molecule has 148 valence electrons. The number of anilines is 2. The van der Waals surface area contributed by atoms with Gasteiger partial charge in [0.15, 0.2) is 0 Å². The van der Waals surface area contributed by atoms with Crippen LogP contribution >= 0.6 is 0 Å². The van der Waals surface area contributed by atoms with Gasteiger partial charge in [0, 0.05) is 17.3 Å². The predicted octanol–water partition coefficient (Wildman–Crippen LogP) is 2.72. The topological polar surface area (TPSA) is 123 Å². The second-order valence-electron chi connectivity index (χ2n) is 6.35. The third-order valence-electron chi connectivity index (χ3n) is 3.54. The molecule has 0 aliphatic heterocycles. The summed E-state index contributed by atoms with van der Waals surface area (Å²) < 4.78 is 5.52. The fourth-order valence-corrected chi connectivity index (χ4v) is 2.32. The fraction of sp³-hybridized carbons (Fsp3) is 0.250. The molecule has 0 aromatic heterocycles. The average molecular weight is 384 g/mol. The van der Waals surface area contributed by atoms with Crippen LogP contribution in [0.1, 0.15) is 30.6 Å². The molecule has 2 rings (SSSR count). The van der Waals surface area contributed by atoms with Gasteiger partial charge in [-0.05, 0) is 44.2 Å². The van der Waals surface area contributed by atoms with Crippen LogP contribution in [0.5, 0.6) is 5.75 Å². The Morgan fingerprint density at radius 2 is 1.79 bits per heavy atom. The highest BCUT2D eigenvalue weighted by molar-refractivity contribution is 6.06. The van der Waals surface area contributed by atoms with E-state index in [4.69, 9.17) is 10.5 Å². The number of carbonyl (C=O) groups excluding carboxylic acids is 3. The first kappa shape index (κ1) is 20.8. The monoisotopic (exact) mass is 384 g/mol. The van der Waals surface area contributed by atoms with E-state index >= 15 is 0 Å². The molecule has 8 heteroatoms. The Labute approximate surface area is 163 Å². The van der Waals surface area contributed by atoms with Gasteiger partial charge in [0.2, 0.25) is 5.91 Å². The van der Waals surface area contributed by atoms with Crippen molar-refractivity contribution in [1.82, 2.24) is 5.32 Å². The van der Waals surface area contributed by atoms with Crippen molar-refractivity contribution in [1.29, 1.82) is 0 Å². The molecule has 0 saturated heterocycles. The zero-order chi connectivity index (χ0) is 20.5. The summed E-state index contributed by atoms with van der Waals surface area (Å²) in [6.45, 7) is 3.82. The van der Waals surface area contributed by atoms with Gasteiger partial charge in [0.25, 0.3) is 5.91 Å². The maximum absolute atomic E-state index is 12.6. The summed E-state index contributed by atoms with van der Waals surface area (Å²) in [5, 5.41) is 8.17. The maximum Gasteiger partial charge on any atom is 0.319 e. The van der Waals surface area contributed by atoms with E-state index in [2.05, 4.69) is 16.0 Å². The maximum atomic E-state index is 12.6. The lowest BCUT2D eigenvalue weighted by Gasteiger charge is -2.13.